The molecule has 0 bridgehead atoms. The lowest BCUT2D eigenvalue weighted by molar-refractivity contribution is -0.136. The molecule has 0 spiro atoms. The summed E-state index contributed by atoms with van der Waals surface area (Å²) < 4.78 is 0. The normalized spacial score (nSPS) is 13.1. The zero-order chi connectivity index (χ0) is 34.4. The average molecular weight is 677 g/mol. The highest BCUT2D eigenvalue weighted by Gasteiger charge is 2.18. The molecule has 1 aliphatic heterocycles. The molecule has 2 amide bonds. The quantitative estimate of drug-likeness (QED) is 0.0841. The van der Waals surface area contributed by atoms with Crippen LogP contribution in [0.4, 0.5) is 17.1 Å². The number of carbonyl (C=O) groups excluding carboxylic acids is 2. The molecule has 0 unspecified atom stereocenters. The molecule has 1 saturated heterocycles. The van der Waals surface area contributed by atoms with E-state index >= 15 is 0 Å². The number of allylic oxidation sites excluding steroid dienone is 1. The van der Waals surface area contributed by atoms with Gasteiger partial charge < -0.3 is 26.4 Å². The number of hydrogen-bond donors (Lipinski definition) is 4. The van der Waals surface area contributed by atoms with E-state index < -0.39 is 5.97 Å². The van der Waals surface area contributed by atoms with E-state index in [1.165, 1.54) is 24.4 Å². The SMILES string of the molecule is NC=CC=Nc1ccc(CNC(=O)c2ccnc(-c3cc(N4CCCCC4)ccc3NC(=O)c3cccc(CSCCC(=O)O)c3)c2)cc1. The number of carboxylic acid groups (broad SMARTS) is 1. The summed E-state index contributed by atoms with van der Waals surface area (Å²) in [6, 6.07) is 24.3. The number of nitrogens with one attached hydrogen (secondary N) is 2. The second kappa shape index (κ2) is 17.7. The molecule has 0 saturated carbocycles. The molecule has 1 fully saturated rings. The summed E-state index contributed by atoms with van der Waals surface area (Å²) in [4.78, 5) is 48.9. The van der Waals surface area contributed by atoms with Crippen molar-refractivity contribution in [2.45, 2.75) is 38.0 Å². The van der Waals surface area contributed by atoms with E-state index in [2.05, 4.69) is 25.5 Å². The van der Waals surface area contributed by atoms with Crippen molar-refractivity contribution in [3.8, 4) is 11.3 Å². The molecule has 0 aliphatic carbocycles. The lowest BCUT2D eigenvalue weighted by Crippen LogP contribution is -2.29. The van der Waals surface area contributed by atoms with Gasteiger partial charge in [0.25, 0.3) is 11.8 Å². The van der Waals surface area contributed by atoms with E-state index in [1.54, 1.807) is 36.7 Å². The minimum absolute atomic E-state index is 0.0935. The molecule has 252 valence electrons. The number of anilines is 2. The van der Waals surface area contributed by atoms with Gasteiger partial charge in [-0.3, -0.25) is 24.4 Å². The van der Waals surface area contributed by atoms with Crippen LogP contribution in [-0.4, -0.2) is 52.9 Å². The van der Waals surface area contributed by atoms with E-state index in [4.69, 9.17) is 10.8 Å². The number of thioether (sulfide) groups is 1. The number of rotatable bonds is 14. The summed E-state index contributed by atoms with van der Waals surface area (Å²) in [5, 5.41) is 15.0. The molecule has 1 aromatic heterocycles. The van der Waals surface area contributed by atoms with Crippen LogP contribution in [0.2, 0.25) is 0 Å². The van der Waals surface area contributed by atoms with Crippen LogP contribution < -0.4 is 21.3 Å². The van der Waals surface area contributed by atoms with Crippen molar-refractivity contribution < 1.29 is 19.5 Å². The molecule has 5 rings (SSSR count). The fourth-order valence-corrected chi connectivity index (χ4v) is 6.31. The number of amides is 2. The van der Waals surface area contributed by atoms with Crippen LogP contribution in [0.5, 0.6) is 0 Å². The minimum atomic E-state index is -0.826. The van der Waals surface area contributed by atoms with Crippen molar-refractivity contribution in [2.75, 3.05) is 29.1 Å². The van der Waals surface area contributed by atoms with Crippen LogP contribution in [0.1, 0.15) is 57.5 Å². The lowest BCUT2D eigenvalue weighted by Gasteiger charge is -2.29. The molecule has 5 N–H and O–H groups in total. The summed E-state index contributed by atoms with van der Waals surface area (Å²) in [7, 11) is 0. The molecule has 1 aliphatic rings. The summed E-state index contributed by atoms with van der Waals surface area (Å²) in [5.74, 6) is -0.233. The fourth-order valence-electron chi connectivity index (χ4n) is 5.43. The molecule has 3 aromatic carbocycles. The van der Waals surface area contributed by atoms with Crippen molar-refractivity contribution in [1.29, 1.82) is 0 Å². The van der Waals surface area contributed by atoms with Crippen LogP contribution >= 0.6 is 11.8 Å². The molecule has 4 aromatic rings. The van der Waals surface area contributed by atoms with Crippen LogP contribution in [0.25, 0.3) is 11.3 Å². The Hall–Kier alpha value is -5.42. The first-order valence-corrected chi connectivity index (χ1v) is 17.4. The van der Waals surface area contributed by atoms with Gasteiger partial charge in [0.05, 0.1) is 23.5 Å². The Morgan fingerprint density at radius 1 is 0.918 bits per heavy atom. The maximum atomic E-state index is 13.5. The zero-order valence-corrected chi connectivity index (χ0v) is 28.0. The average Bonchev–Trinajstić information content (AvgIpc) is 3.13. The molecule has 0 radical (unpaired) electrons. The van der Waals surface area contributed by atoms with Crippen LogP contribution in [0.15, 0.2) is 102 Å². The van der Waals surface area contributed by atoms with Crippen molar-refractivity contribution in [2.24, 2.45) is 10.7 Å². The summed E-state index contributed by atoms with van der Waals surface area (Å²) in [5.41, 5.74) is 11.8. The second-order valence-electron chi connectivity index (χ2n) is 11.6. The Bertz CT molecular complexity index is 1820. The number of pyridine rings is 1. The van der Waals surface area contributed by atoms with Gasteiger partial charge in [-0.25, -0.2) is 0 Å². The number of carboxylic acids is 1. The van der Waals surface area contributed by atoms with Gasteiger partial charge in [-0.1, -0.05) is 24.3 Å². The number of hydrogen-bond acceptors (Lipinski definition) is 8. The number of carbonyl (C=O) groups is 3. The van der Waals surface area contributed by atoms with E-state index in [1.807, 2.05) is 60.7 Å². The molecule has 2 heterocycles. The summed E-state index contributed by atoms with van der Waals surface area (Å²) in [6.07, 6.45) is 9.82. The number of aliphatic imine (C=N–C) groups is 1. The fraction of sp³-hybridized carbons (Fsp3) is 0.237. The van der Waals surface area contributed by atoms with Gasteiger partial charge in [-0.15, -0.1) is 0 Å². The molecule has 0 atom stereocenters. The predicted molar refractivity (Wildman–Crippen MR) is 198 cm³/mol. The highest BCUT2D eigenvalue weighted by atomic mass is 32.2. The number of aliphatic carboxylic acids is 1. The van der Waals surface area contributed by atoms with Gasteiger partial charge in [0.15, 0.2) is 0 Å². The molecular formula is C38H40N6O4S. The zero-order valence-electron chi connectivity index (χ0n) is 27.2. The first-order valence-electron chi connectivity index (χ1n) is 16.2. The van der Waals surface area contributed by atoms with Gasteiger partial charge >= 0.3 is 5.97 Å². The monoisotopic (exact) mass is 676 g/mol. The van der Waals surface area contributed by atoms with Crippen molar-refractivity contribution in [1.82, 2.24) is 10.3 Å². The molecule has 10 nitrogen and oxygen atoms in total. The van der Waals surface area contributed by atoms with Crippen molar-refractivity contribution >= 4 is 52.8 Å². The van der Waals surface area contributed by atoms with Gasteiger partial charge in [-0.05, 0) is 97.3 Å². The molecule has 49 heavy (non-hydrogen) atoms. The van der Waals surface area contributed by atoms with Gasteiger partial charge in [0, 0.05) is 65.9 Å². The Kier molecular flexibility index (Phi) is 12.6. The largest absolute Gasteiger partial charge is 0.481 e. The summed E-state index contributed by atoms with van der Waals surface area (Å²) in [6.45, 7) is 2.25. The third-order valence-corrected chi connectivity index (χ3v) is 9.03. The number of aromatic nitrogens is 1. The van der Waals surface area contributed by atoms with Crippen LogP contribution in [-0.2, 0) is 17.1 Å². The Labute approximate surface area is 290 Å². The number of piperidine rings is 1. The first kappa shape index (κ1) is 34.9. The highest BCUT2D eigenvalue weighted by Crippen LogP contribution is 2.33. The van der Waals surface area contributed by atoms with Crippen molar-refractivity contribution in [3.63, 3.8) is 0 Å². The smallest absolute Gasteiger partial charge is 0.304 e. The Balaban J connectivity index is 1.34. The number of nitrogens with two attached hydrogens (primary N) is 1. The highest BCUT2D eigenvalue weighted by molar-refractivity contribution is 7.98. The third-order valence-electron chi connectivity index (χ3n) is 8.00. The predicted octanol–water partition coefficient (Wildman–Crippen LogP) is 6.80. The second-order valence-corrected chi connectivity index (χ2v) is 12.7. The summed E-state index contributed by atoms with van der Waals surface area (Å²) >= 11 is 1.51. The molecule has 11 heteroatoms. The van der Waals surface area contributed by atoms with E-state index in [9.17, 15) is 14.4 Å². The van der Waals surface area contributed by atoms with Gasteiger partial charge in [0.1, 0.15) is 0 Å². The van der Waals surface area contributed by atoms with E-state index in [0.717, 1.165) is 48.4 Å². The lowest BCUT2D eigenvalue weighted by atomic mass is 10.0. The first-order chi connectivity index (χ1) is 23.9. The van der Waals surface area contributed by atoms with E-state index in [0.29, 0.717) is 46.1 Å². The van der Waals surface area contributed by atoms with E-state index in [-0.39, 0.29) is 18.2 Å². The topological polar surface area (TPSA) is 150 Å². The van der Waals surface area contributed by atoms with Gasteiger partial charge in [-0.2, -0.15) is 11.8 Å². The minimum Gasteiger partial charge on any atom is -0.481 e. The van der Waals surface area contributed by atoms with Crippen molar-refractivity contribution in [3.05, 3.63) is 120 Å². The van der Waals surface area contributed by atoms with Gasteiger partial charge in [0.2, 0.25) is 0 Å². The molecular weight excluding hydrogens is 637 g/mol. The number of benzene rings is 3. The number of nitrogens with zero attached hydrogens (tertiary/aromatic N) is 3. The maximum absolute atomic E-state index is 13.5. The maximum Gasteiger partial charge on any atom is 0.304 e. The Morgan fingerprint density at radius 3 is 2.49 bits per heavy atom. The third kappa shape index (κ3) is 10.3. The standard InChI is InChI=1S/C38H40N6O4S/c39-16-5-17-40-31-10-8-27(9-11-31)25-42-37(47)30-14-18-41-35(23-30)33-24-32(44-19-2-1-3-20-44)12-13-34(33)43-38(48)29-7-4-6-28(22-29)26-49-21-15-36(45)46/h4-14,16-18,22-24H,1-3,15,19-21,25-26,39H2,(H,42,47)(H,43,48)(H,45,46). The van der Waals surface area contributed by atoms with Crippen LogP contribution in [0, 0.1) is 0 Å². The Morgan fingerprint density at radius 2 is 1.71 bits per heavy atom. The van der Waals surface area contributed by atoms with Crippen LogP contribution in [0.3, 0.4) is 0 Å².